The van der Waals surface area contributed by atoms with Crippen molar-refractivity contribution in [3.63, 3.8) is 0 Å². The molecule has 4 nitrogen and oxygen atoms in total. The number of nitrogen functional groups attached to an aromatic ring is 1. The second-order valence-corrected chi connectivity index (χ2v) is 7.06. The van der Waals surface area contributed by atoms with Gasteiger partial charge in [0.15, 0.2) is 0 Å². The fourth-order valence-electron chi connectivity index (χ4n) is 1.26. The lowest BCUT2D eigenvalue weighted by Crippen LogP contribution is -2.12. The number of rotatable bonds is 3. The summed E-state index contributed by atoms with van der Waals surface area (Å²) in [5, 5.41) is 2.18. The maximum Gasteiger partial charge on any atom is 0.271 e. The predicted octanol–water partition coefficient (Wildman–Crippen LogP) is 3.44. The molecule has 0 saturated carbocycles. The van der Waals surface area contributed by atoms with Crippen LogP contribution in [0, 0.1) is 0 Å². The molecule has 1 heterocycles. The SMILES string of the molecule is Nc1cc(Cl)c(Cl)cc1NS(=O)(=O)c1cccs1. The number of benzene rings is 1. The molecule has 3 N–H and O–H groups in total. The average Bonchev–Trinajstić information content (AvgIpc) is 2.79. The van der Waals surface area contributed by atoms with E-state index in [1.807, 2.05) is 0 Å². The van der Waals surface area contributed by atoms with Crippen LogP contribution in [0.3, 0.4) is 0 Å². The fraction of sp³-hybridized carbons (Fsp3) is 0. The smallest absolute Gasteiger partial charge is 0.271 e. The summed E-state index contributed by atoms with van der Waals surface area (Å²) < 4.78 is 26.5. The molecule has 2 rings (SSSR count). The third-order valence-electron chi connectivity index (χ3n) is 2.10. The van der Waals surface area contributed by atoms with Crippen LogP contribution >= 0.6 is 34.5 Å². The first-order valence-corrected chi connectivity index (χ1v) is 7.83. The summed E-state index contributed by atoms with van der Waals surface area (Å²) in [6, 6.07) is 5.93. The van der Waals surface area contributed by atoms with Crippen molar-refractivity contribution in [3.05, 3.63) is 39.7 Å². The van der Waals surface area contributed by atoms with Crippen molar-refractivity contribution in [3.8, 4) is 0 Å². The van der Waals surface area contributed by atoms with Gasteiger partial charge in [0.25, 0.3) is 10.0 Å². The summed E-state index contributed by atoms with van der Waals surface area (Å²) >= 11 is 12.7. The monoisotopic (exact) mass is 322 g/mol. The van der Waals surface area contributed by atoms with Crippen LogP contribution in [0.15, 0.2) is 33.9 Å². The molecule has 0 aliphatic heterocycles. The molecule has 8 heteroatoms. The van der Waals surface area contributed by atoms with Crippen LogP contribution < -0.4 is 10.5 Å². The highest BCUT2D eigenvalue weighted by atomic mass is 35.5. The highest BCUT2D eigenvalue weighted by molar-refractivity contribution is 7.94. The predicted molar refractivity (Wildman–Crippen MR) is 76.0 cm³/mol. The van der Waals surface area contributed by atoms with Crippen LogP contribution in [0.4, 0.5) is 11.4 Å². The van der Waals surface area contributed by atoms with Gasteiger partial charge < -0.3 is 5.73 Å². The number of nitrogens with one attached hydrogen (secondary N) is 1. The summed E-state index contributed by atoms with van der Waals surface area (Å²) in [5.74, 6) is 0. The summed E-state index contributed by atoms with van der Waals surface area (Å²) in [6.45, 7) is 0. The summed E-state index contributed by atoms with van der Waals surface area (Å²) in [5.41, 5.74) is 6.10. The molecule has 0 unspecified atom stereocenters. The molecular formula is C10H8Cl2N2O2S2. The van der Waals surface area contributed by atoms with Crippen LogP contribution in [-0.2, 0) is 10.0 Å². The normalized spacial score (nSPS) is 11.4. The lowest BCUT2D eigenvalue weighted by Gasteiger charge is -2.10. The van der Waals surface area contributed by atoms with Gasteiger partial charge >= 0.3 is 0 Å². The Bertz CT molecular complexity index is 669. The van der Waals surface area contributed by atoms with Crippen LogP contribution in [-0.4, -0.2) is 8.42 Å². The van der Waals surface area contributed by atoms with E-state index in [1.54, 1.807) is 11.4 Å². The molecule has 0 spiro atoms. The molecule has 0 aliphatic carbocycles. The van der Waals surface area contributed by atoms with Crippen LogP contribution in [0.25, 0.3) is 0 Å². The van der Waals surface area contributed by atoms with E-state index in [2.05, 4.69) is 4.72 Å². The minimum Gasteiger partial charge on any atom is -0.397 e. The van der Waals surface area contributed by atoms with Crippen molar-refractivity contribution in [1.29, 1.82) is 0 Å². The fourth-order valence-corrected chi connectivity index (χ4v) is 3.67. The summed E-state index contributed by atoms with van der Waals surface area (Å²) in [6.07, 6.45) is 0. The van der Waals surface area contributed by atoms with E-state index < -0.39 is 10.0 Å². The van der Waals surface area contributed by atoms with Crippen LogP contribution in [0.5, 0.6) is 0 Å². The Morgan fingerprint density at radius 3 is 2.50 bits per heavy atom. The maximum absolute atomic E-state index is 12.0. The van der Waals surface area contributed by atoms with E-state index in [-0.39, 0.29) is 25.6 Å². The Kier molecular flexibility index (Phi) is 3.72. The van der Waals surface area contributed by atoms with Crippen molar-refractivity contribution in [2.75, 3.05) is 10.5 Å². The van der Waals surface area contributed by atoms with Crippen molar-refractivity contribution in [2.24, 2.45) is 0 Å². The van der Waals surface area contributed by atoms with Gasteiger partial charge in [0.1, 0.15) is 4.21 Å². The Labute approximate surface area is 118 Å². The number of anilines is 2. The maximum atomic E-state index is 12.0. The quantitative estimate of drug-likeness (QED) is 0.850. The van der Waals surface area contributed by atoms with E-state index in [9.17, 15) is 8.42 Å². The number of thiophene rings is 1. The van der Waals surface area contributed by atoms with Crippen molar-refractivity contribution < 1.29 is 8.42 Å². The van der Waals surface area contributed by atoms with Crippen LogP contribution in [0.1, 0.15) is 0 Å². The van der Waals surface area contributed by atoms with Gasteiger partial charge in [0.05, 0.1) is 21.4 Å². The Hall–Kier alpha value is -0.950. The van der Waals surface area contributed by atoms with Gasteiger partial charge in [-0.05, 0) is 23.6 Å². The lowest BCUT2D eigenvalue weighted by atomic mass is 10.3. The van der Waals surface area contributed by atoms with E-state index in [0.717, 1.165) is 11.3 Å². The molecule has 1 aromatic carbocycles. The van der Waals surface area contributed by atoms with Crippen molar-refractivity contribution >= 4 is 55.9 Å². The molecule has 0 radical (unpaired) electrons. The van der Waals surface area contributed by atoms with E-state index in [0.29, 0.717) is 0 Å². The van der Waals surface area contributed by atoms with E-state index in [4.69, 9.17) is 28.9 Å². The second-order valence-electron chi connectivity index (χ2n) is 3.39. The first kappa shape index (κ1) is 13.5. The molecule has 0 amide bonds. The molecule has 2 aromatic rings. The molecule has 96 valence electrons. The largest absolute Gasteiger partial charge is 0.397 e. The topological polar surface area (TPSA) is 72.2 Å². The third kappa shape index (κ3) is 2.72. The molecule has 0 saturated heterocycles. The first-order chi connectivity index (χ1) is 8.40. The molecule has 0 fully saturated rings. The third-order valence-corrected chi connectivity index (χ3v) is 5.58. The molecular weight excluding hydrogens is 315 g/mol. The number of hydrogen-bond acceptors (Lipinski definition) is 4. The Morgan fingerprint density at radius 1 is 1.22 bits per heavy atom. The molecule has 18 heavy (non-hydrogen) atoms. The standard InChI is InChI=1S/C10H8Cl2N2O2S2/c11-6-4-8(13)9(5-7(6)12)14-18(15,16)10-2-1-3-17-10/h1-5,14H,13H2. The first-order valence-electron chi connectivity index (χ1n) is 4.71. The van der Waals surface area contributed by atoms with Gasteiger partial charge in [0, 0.05) is 0 Å². The van der Waals surface area contributed by atoms with Gasteiger partial charge in [-0.2, -0.15) is 0 Å². The Balaban J connectivity index is 2.39. The minimum atomic E-state index is -3.64. The second kappa shape index (κ2) is 4.97. The van der Waals surface area contributed by atoms with E-state index in [1.165, 1.54) is 18.2 Å². The zero-order valence-corrected chi connectivity index (χ0v) is 12.0. The van der Waals surface area contributed by atoms with Crippen LogP contribution in [0.2, 0.25) is 10.0 Å². The number of sulfonamides is 1. The summed E-state index contributed by atoms with van der Waals surface area (Å²) in [7, 11) is -3.64. The number of halogens is 2. The molecule has 0 aliphatic rings. The van der Waals surface area contributed by atoms with Gasteiger partial charge in [0.2, 0.25) is 0 Å². The van der Waals surface area contributed by atoms with E-state index >= 15 is 0 Å². The van der Waals surface area contributed by atoms with Crippen molar-refractivity contribution in [1.82, 2.24) is 0 Å². The molecule has 1 aromatic heterocycles. The lowest BCUT2D eigenvalue weighted by molar-refractivity contribution is 0.603. The number of nitrogens with two attached hydrogens (primary N) is 1. The van der Waals surface area contributed by atoms with Gasteiger partial charge in [-0.15, -0.1) is 11.3 Å². The van der Waals surface area contributed by atoms with Gasteiger partial charge in [-0.3, -0.25) is 4.72 Å². The summed E-state index contributed by atoms with van der Waals surface area (Å²) in [4.78, 5) is 0. The zero-order valence-electron chi connectivity index (χ0n) is 8.85. The zero-order chi connectivity index (χ0) is 13.3. The number of hydrogen-bond donors (Lipinski definition) is 2. The molecule has 0 atom stereocenters. The highest BCUT2D eigenvalue weighted by Crippen LogP contribution is 2.32. The average molecular weight is 323 g/mol. The Morgan fingerprint density at radius 2 is 1.89 bits per heavy atom. The minimum absolute atomic E-state index is 0.202. The highest BCUT2D eigenvalue weighted by Gasteiger charge is 2.17. The molecule has 0 bridgehead atoms. The van der Waals surface area contributed by atoms with Gasteiger partial charge in [-0.1, -0.05) is 29.3 Å². The van der Waals surface area contributed by atoms with Crippen molar-refractivity contribution in [2.45, 2.75) is 4.21 Å². The van der Waals surface area contributed by atoms with Gasteiger partial charge in [-0.25, -0.2) is 8.42 Å².